The van der Waals surface area contributed by atoms with Crippen molar-refractivity contribution in [3.63, 3.8) is 0 Å². The Kier molecular flexibility index (Phi) is 5.09. The number of carbonyl (C=O) groups is 1. The number of rotatable bonds is 4. The summed E-state index contributed by atoms with van der Waals surface area (Å²) in [6.07, 6.45) is 0. The molecule has 2 aromatic heterocycles. The van der Waals surface area contributed by atoms with Crippen molar-refractivity contribution in [2.24, 2.45) is 0 Å². The van der Waals surface area contributed by atoms with Gasteiger partial charge in [0.25, 0.3) is 0 Å². The predicted molar refractivity (Wildman–Crippen MR) is 107 cm³/mol. The van der Waals surface area contributed by atoms with Crippen LogP contribution in [0.1, 0.15) is 17.4 Å². The molecule has 1 aliphatic rings. The van der Waals surface area contributed by atoms with Crippen molar-refractivity contribution in [2.45, 2.75) is 6.92 Å². The number of hydrogen-bond acceptors (Lipinski definition) is 8. The largest absolute Gasteiger partial charge is 0.461 e. The molecule has 1 aromatic carbocycles. The third kappa shape index (κ3) is 3.81. The first kappa shape index (κ1) is 17.9. The minimum Gasteiger partial charge on any atom is -0.461 e. The van der Waals surface area contributed by atoms with E-state index in [0.29, 0.717) is 6.61 Å². The Labute approximate surface area is 165 Å². The first-order valence-corrected chi connectivity index (χ1v) is 9.90. The van der Waals surface area contributed by atoms with Crippen LogP contribution in [-0.4, -0.2) is 53.9 Å². The quantitative estimate of drug-likeness (QED) is 0.619. The number of carbonyl (C=O) groups excluding carboxylic acids is 1. The fourth-order valence-electron chi connectivity index (χ4n) is 2.96. The molecule has 1 aliphatic heterocycles. The van der Waals surface area contributed by atoms with Gasteiger partial charge < -0.3 is 14.5 Å². The van der Waals surface area contributed by atoms with Gasteiger partial charge in [-0.05, 0) is 37.3 Å². The smallest absolute Gasteiger partial charge is 0.358 e. The van der Waals surface area contributed by atoms with E-state index in [1.54, 1.807) is 24.3 Å². The van der Waals surface area contributed by atoms with Crippen LogP contribution in [0.5, 0.6) is 0 Å². The molecule has 27 heavy (non-hydrogen) atoms. The maximum absolute atomic E-state index is 11.7. The highest BCUT2D eigenvalue weighted by molar-refractivity contribution is 7.22. The molecule has 0 bridgehead atoms. The number of hydrogen-bond donors (Lipinski definition) is 0. The molecule has 0 atom stereocenters. The lowest BCUT2D eigenvalue weighted by molar-refractivity contribution is 0.0518. The monoisotopic (exact) mass is 403 g/mol. The number of halogens is 1. The van der Waals surface area contributed by atoms with Crippen molar-refractivity contribution in [3.05, 3.63) is 41.0 Å². The Morgan fingerprint density at radius 1 is 1.15 bits per heavy atom. The van der Waals surface area contributed by atoms with Crippen molar-refractivity contribution in [3.8, 4) is 0 Å². The molecule has 9 heteroatoms. The van der Waals surface area contributed by atoms with Gasteiger partial charge in [-0.1, -0.05) is 22.9 Å². The maximum atomic E-state index is 11.7. The molecule has 1 fully saturated rings. The lowest BCUT2D eigenvalue weighted by Gasteiger charge is -2.34. The van der Waals surface area contributed by atoms with Gasteiger partial charge in [0.2, 0.25) is 0 Å². The molecule has 0 radical (unpaired) electrons. The van der Waals surface area contributed by atoms with Crippen LogP contribution in [0.4, 0.5) is 10.9 Å². The molecule has 0 amide bonds. The van der Waals surface area contributed by atoms with Gasteiger partial charge >= 0.3 is 5.97 Å². The van der Waals surface area contributed by atoms with Crippen molar-refractivity contribution in [2.75, 3.05) is 42.6 Å². The van der Waals surface area contributed by atoms with E-state index in [-0.39, 0.29) is 5.69 Å². The first-order valence-electron chi connectivity index (χ1n) is 8.71. The number of piperazine rings is 1. The summed E-state index contributed by atoms with van der Waals surface area (Å²) in [5.74, 6) is 0.316. The SMILES string of the molecule is CCOC(=O)c1ccc(N2CCN(c3nc4ccc(Cl)cc4s3)CC2)nn1. The van der Waals surface area contributed by atoms with Gasteiger partial charge in [0.15, 0.2) is 16.6 Å². The lowest BCUT2D eigenvalue weighted by atomic mass is 10.3. The Bertz CT molecular complexity index is 954. The molecule has 140 valence electrons. The van der Waals surface area contributed by atoms with Crippen molar-refractivity contribution in [1.29, 1.82) is 0 Å². The molecule has 4 rings (SSSR count). The van der Waals surface area contributed by atoms with Crippen LogP contribution in [0.3, 0.4) is 0 Å². The van der Waals surface area contributed by atoms with E-state index in [2.05, 4.69) is 20.0 Å². The summed E-state index contributed by atoms with van der Waals surface area (Å²) in [5, 5.41) is 9.90. The van der Waals surface area contributed by atoms with Crippen LogP contribution in [0.2, 0.25) is 5.02 Å². The van der Waals surface area contributed by atoms with Gasteiger partial charge in [-0.25, -0.2) is 9.78 Å². The molecule has 0 spiro atoms. The second-order valence-electron chi connectivity index (χ2n) is 6.08. The van der Waals surface area contributed by atoms with E-state index in [4.69, 9.17) is 21.3 Å². The Hall–Kier alpha value is -2.45. The fourth-order valence-corrected chi connectivity index (χ4v) is 4.25. The van der Waals surface area contributed by atoms with Crippen LogP contribution in [-0.2, 0) is 4.74 Å². The summed E-state index contributed by atoms with van der Waals surface area (Å²) >= 11 is 7.72. The maximum Gasteiger partial charge on any atom is 0.358 e. The van der Waals surface area contributed by atoms with Crippen LogP contribution in [0.25, 0.3) is 10.2 Å². The summed E-state index contributed by atoms with van der Waals surface area (Å²) in [6.45, 7) is 5.39. The van der Waals surface area contributed by atoms with Gasteiger partial charge in [0.1, 0.15) is 0 Å². The number of aromatic nitrogens is 3. The van der Waals surface area contributed by atoms with E-state index >= 15 is 0 Å². The molecule has 3 heterocycles. The minimum atomic E-state index is -0.447. The zero-order chi connectivity index (χ0) is 18.8. The van der Waals surface area contributed by atoms with E-state index < -0.39 is 5.97 Å². The summed E-state index contributed by atoms with van der Waals surface area (Å²) in [5.41, 5.74) is 1.20. The Morgan fingerprint density at radius 3 is 2.63 bits per heavy atom. The average Bonchev–Trinajstić information content (AvgIpc) is 3.11. The summed E-state index contributed by atoms with van der Waals surface area (Å²) in [6, 6.07) is 9.24. The van der Waals surface area contributed by atoms with Gasteiger partial charge in [0, 0.05) is 31.2 Å². The number of nitrogens with zero attached hydrogens (tertiary/aromatic N) is 5. The topological polar surface area (TPSA) is 71.5 Å². The van der Waals surface area contributed by atoms with Gasteiger partial charge in [-0.15, -0.1) is 10.2 Å². The molecule has 0 N–H and O–H groups in total. The minimum absolute atomic E-state index is 0.229. The zero-order valence-electron chi connectivity index (χ0n) is 14.8. The lowest BCUT2D eigenvalue weighted by Crippen LogP contribution is -2.46. The standard InChI is InChI=1S/C18H18ClN5O2S/c1-2-26-17(25)14-5-6-16(22-21-14)23-7-9-24(10-8-23)18-20-13-4-3-12(19)11-15(13)27-18/h3-6,11H,2,7-10H2,1H3. The highest BCUT2D eigenvalue weighted by atomic mass is 35.5. The highest BCUT2D eigenvalue weighted by Gasteiger charge is 2.21. The normalized spacial score (nSPS) is 14.6. The molecular formula is C18H18ClN5O2S. The summed E-state index contributed by atoms with van der Waals surface area (Å²) in [4.78, 5) is 20.8. The second-order valence-corrected chi connectivity index (χ2v) is 7.53. The number of ether oxygens (including phenoxy) is 1. The third-order valence-electron chi connectivity index (χ3n) is 4.35. The van der Waals surface area contributed by atoms with Crippen molar-refractivity contribution in [1.82, 2.24) is 15.2 Å². The van der Waals surface area contributed by atoms with Crippen LogP contribution < -0.4 is 9.80 Å². The van der Waals surface area contributed by atoms with Crippen LogP contribution >= 0.6 is 22.9 Å². The Morgan fingerprint density at radius 2 is 1.93 bits per heavy atom. The molecule has 7 nitrogen and oxygen atoms in total. The summed E-state index contributed by atoms with van der Waals surface area (Å²) < 4.78 is 6.03. The van der Waals surface area contributed by atoms with E-state index in [0.717, 1.165) is 52.4 Å². The van der Waals surface area contributed by atoms with Crippen molar-refractivity contribution < 1.29 is 9.53 Å². The number of thiazole rings is 1. The summed E-state index contributed by atoms with van der Waals surface area (Å²) in [7, 11) is 0. The van der Waals surface area contributed by atoms with E-state index in [9.17, 15) is 4.79 Å². The molecule has 0 aliphatic carbocycles. The Balaban J connectivity index is 1.41. The van der Waals surface area contributed by atoms with E-state index in [1.165, 1.54) is 0 Å². The van der Waals surface area contributed by atoms with Crippen LogP contribution in [0, 0.1) is 0 Å². The highest BCUT2D eigenvalue weighted by Crippen LogP contribution is 2.31. The predicted octanol–water partition coefficient (Wildman–Crippen LogP) is 3.24. The number of fused-ring (bicyclic) bond motifs is 1. The average molecular weight is 404 g/mol. The molecule has 0 saturated carbocycles. The molecule has 1 saturated heterocycles. The third-order valence-corrected chi connectivity index (χ3v) is 5.66. The molecular weight excluding hydrogens is 386 g/mol. The number of anilines is 2. The molecule has 0 unspecified atom stereocenters. The van der Waals surface area contributed by atoms with Gasteiger partial charge in [-0.2, -0.15) is 0 Å². The first-order chi connectivity index (χ1) is 13.1. The van der Waals surface area contributed by atoms with Gasteiger partial charge in [0.05, 0.1) is 16.8 Å². The second kappa shape index (κ2) is 7.66. The number of benzene rings is 1. The van der Waals surface area contributed by atoms with Crippen molar-refractivity contribution >= 4 is 50.1 Å². The van der Waals surface area contributed by atoms with E-state index in [1.807, 2.05) is 24.3 Å². The number of esters is 1. The molecule has 3 aromatic rings. The zero-order valence-corrected chi connectivity index (χ0v) is 16.3. The van der Waals surface area contributed by atoms with Crippen LogP contribution in [0.15, 0.2) is 30.3 Å². The van der Waals surface area contributed by atoms with Gasteiger partial charge in [-0.3, -0.25) is 0 Å². The fraction of sp³-hybridized carbons (Fsp3) is 0.333.